The predicted octanol–water partition coefficient (Wildman–Crippen LogP) is 8.77. The number of piperidine rings is 1. The molecule has 2 heterocycles. The number of nitrogens with zero attached hydrogens (tertiary/aromatic N) is 1. The Balaban J connectivity index is 1.44. The van der Waals surface area contributed by atoms with Crippen LogP contribution in [0.5, 0.6) is 5.75 Å². The highest BCUT2D eigenvalue weighted by Gasteiger charge is 2.28. The highest BCUT2D eigenvalue weighted by atomic mass is 19.1. The summed E-state index contributed by atoms with van der Waals surface area (Å²) in [6, 6.07) is 10.3. The van der Waals surface area contributed by atoms with Gasteiger partial charge in [0, 0.05) is 17.8 Å². The maximum atomic E-state index is 14.6. The second-order valence-electron chi connectivity index (χ2n) is 11.9. The minimum Gasteiger partial charge on any atom is -0.485 e. The summed E-state index contributed by atoms with van der Waals surface area (Å²) in [5.41, 5.74) is 7.57. The van der Waals surface area contributed by atoms with Crippen LogP contribution in [-0.4, -0.2) is 30.3 Å². The second kappa shape index (κ2) is 12.6. The van der Waals surface area contributed by atoms with Crippen molar-refractivity contribution in [3.8, 4) is 5.75 Å². The number of hydrogen-bond acceptors (Lipinski definition) is 3. The fourth-order valence-corrected chi connectivity index (χ4v) is 5.82. The van der Waals surface area contributed by atoms with Gasteiger partial charge in [0.1, 0.15) is 23.5 Å². The van der Waals surface area contributed by atoms with Crippen LogP contribution in [0, 0.1) is 17.8 Å². The summed E-state index contributed by atoms with van der Waals surface area (Å²) >= 11 is 0. The van der Waals surface area contributed by atoms with Crippen LogP contribution in [0.15, 0.2) is 71.4 Å². The predicted molar refractivity (Wildman–Crippen MR) is 162 cm³/mol. The zero-order valence-corrected chi connectivity index (χ0v) is 24.2. The number of pyridine rings is 1. The molecular formula is C35H45FN2O. The van der Waals surface area contributed by atoms with Crippen LogP contribution in [0.2, 0.25) is 0 Å². The van der Waals surface area contributed by atoms with Crippen molar-refractivity contribution in [2.75, 3.05) is 13.1 Å². The van der Waals surface area contributed by atoms with Gasteiger partial charge in [0.25, 0.3) is 0 Å². The topological polar surface area (TPSA) is 34.1 Å². The van der Waals surface area contributed by atoms with Gasteiger partial charge in [-0.25, -0.2) is 9.37 Å². The number of allylic oxidation sites excluding steroid dienone is 8. The van der Waals surface area contributed by atoms with Crippen molar-refractivity contribution >= 4 is 16.5 Å². The average Bonchev–Trinajstić information content (AvgIpc) is 3.79. The molecule has 1 aromatic carbocycles. The van der Waals surface area contributed by atoms with Crippen molar-refractivity contribution in [1.82, 2.24) is 10.3 Å². The van der Waals surface area contributed by atoms with Crippen LogP contribution in [0.25, 0.3) is 16.5 Å². The van der Waals surface area contributed by atoms with E-state index < -0.39 is 12.3 Å². The third-order valence-corrected chi connectivity index (χ3v) is 8.67. The molecule has 3 aliphatic rings. The number of rotatable bonds is 10. The lowest BCUT2D eigenvalue weighted by Crippen LogP contribution is -2.44. The van der Waals surface area contributed by atoms with Gasteiger partial charge in [-0.2, -0.15) is 0 Å². The molecule has 1 saturated heterocycles. The van der Waals surface area contributed by atoms with Crippen LogP contribution < -0.4 is 10.1 Å². The van der Waals surface area contributed by atoms with E-state index in [1.54, 1.807) is 0 Å². The van der Waals surface area contributed by atoms with Crippen LogP contribution in [0.4, 0.5) is 4.39 Å². The van der Waals surface area contributed by atoms with E-state index in [2.05, 4.69) is 75.5 Å². The molecule has 1 N–H and O–H groups in total. The maximum absolute atomic E-state index is 14.6. The first-order chi connectivity index (χ1) is 18.9. The molecule has 39 heavy (non-hydrogen) atoms. The molecule has 0 bridgehead atoms. The van der Waals surface area contributed by atoms with E-state index in [-0.39, 0.29) is 0 Å². The van der Waals surface area contributed by atoms with Gasteiger partial charge in [-0.1, -0.05) is 75.3 Å². The lowest BCUT2D eigenvalue weighted by Gasteiger charge is -2.27. The summed E-state index contributed by atoms with van der Waals surface area (Å²) < 4.78 is 20.8. The van der Waals surface area contributed by atoms with Gasteiger partial charge in [-0.3, -0.25) is 0 Å². The molecule has 2 aromatic rings. The molecule has 1 aromatic heterocycles. The van der Waals surface area contributed by atoms with Gasteiger partial charge in [-0.15, -0.1) is 0 Å². The van der Waals surface area contributed by atoms with E-state index in [9.17, 15) is 4.39 Å². The number of fused-ring (bicyclic) bond motifs is 1. The third kappa shape index (κ3) is 6.72. The van der Waals surface area contributed by atoms with Crippen LogP contribution in [0.1, 0.15) is 78.3 Å². The first-order valence-electron chi connectivity index (χ1n) is 15.2. The number of hydrogen-bond donors (Lipinski definition) is 1. The standard InChI is InChI=1S/C35H45FN2O/c1-5-6-8-25-13-14-28(26-11-12-26)21-29(25)15-17-30(24(4)23(2)3)32-18-16-27-9-7-10-34(35(27)38-32)39-33-19-20-37-22-31(33)36/h7-10,13-14,16,18,21,23,26,29,31,33,37H,5-6,11-12,15,17,19-20,22H2,1-4H3. The molecular weight excluding hydrogens is 483 g/mol. The summed E-state index contributed by atoms with van der Waals surface area (Å²) in [7, 11) is 0. The van der Waals surface area contributed by atoms with E-state index in [0.717, 1.165) is 48.3 Å². The summed E-state index contributed by atoms with van der Waals surface area (Å²) in [6.45, 7) is 10.2. The summed E-state index contributed by atoms with van der Waals surface area (Å²) in [6.07, 6.45) is 16.0. The number of alkyl halides is 1. The zero-order chi connectivity index (χ0) is 27.4. The lowest BCUT2D eigenvalue weighted by molar-refractivity contribution is 0.0742. The number of para-hydroxylation sites is 1. The molecule has 5 rings (SSSR count). The number of unbranched alkanes of at least 4 members (excludes halogenated alkanes) is 1. The van der Waals surface area contributed by atoms with Crippen LogP contribution in [-0.2, 0) is 0 Å². The summed E-state index contributed by atoms with van der Waals surface area (Å²) in [5.74, 6) is 2.34. The molecule has 3 atom stereocenters. The SMILES string of the molecule is CCCC=C1C=CC(C2CC2)=CC1CCC(=C(C)C(C)C)c1ccc2cccc(OC3CCNCC3F)c2n1. The number of aromatic nitrogens is 1. The smallest absolute Gasteiger partial charge is 0.149 e. The maximum Gasteiger partial charge on any atom is 0.149 e. The van der Waals surface area contributed by atoms with Crippen molar-refractivity contribution in [2.24, 2.45) is 17.8 Å². The Kier molecular flexibility index (Phi) is 9.02. The number of nitrogens with one attached hydrogen (secondary N) is 1. The Morgan fingerprint density at radius 1 is 1.15 bits per heavy atom. The summed E-state index contributed by atoms with van der Waals surface area (Å²) in [4.78, 5) is 5.19. The zero-order valence-electron chi connectivity index (χ0n) is 24.2. The lowest BCUT2D eigenvalue weighted by atomic mass is 9.83. The molecule has 1 aliphatic heterocycles. The molecule has 1 saturated carbocycles. The van der Waals surface area contributed by atoms with Crippen LogP contribution in [0.3, 0.4) is 0 Å². The van der Waals surface area contributed by atoms with E-state index in [0.29, 0.717) is 30.6 Å². The van der Waals surface area contributed by atoms with Gasteiger partial charge in [-0.05, 0) is 92.7 Å². The molecule has 2 aliphatic carbocycles. The Morgan fingerprint density at radius 3 is 2.74 bits per heavy atom. The average molecular weight is 529 g/mol. The Bertz CT molecular complexity index is 1280. The van der Waals surface area contributed by atoms with Crippen molar-refractivity contribution < 1.29 is 9.13 Å². The largest absolute Gasteiger partial charge is 0.485 e. The van der Waals surface area contributed by atoms with Gasteiger partial charge >= 0.3 is 0 Å². The quantitative estimate of drug-likeness (QED) is 0.335. The fraction of sp³-hybridized carbons (Fsp3) is 0.514. The first-order valence-corrected chi connectivity index (χ1v) is 15.2. The van der Waals surface area contributed by atoms with Crippen molar-refractivity contribution in [3.63, 3.8) is 0 Å². The number of halogens is 1. The minimum atomic E-state index is -1.01. The van der Waals surface area contributed by atoms with Crippen LogP contribution >= 0.6 is 0 Å². The van der Waals surface area contributed by atoms with E-state index in [1.807, 2.05) is 12.1 Å². The van der Waals surface area contributed by atoms with Gasteiger partial charge in [0.2, 0.25) is 0 Å². The van der Waals surface area contributed by atoms with E-state index in [4.69, 9.17) is 9.72 Å². The van der Waals surface area contributed by atoms with Crippen molar-refractivity contribution in [3.05, 3.63) is 77.0 Å². The third-order valence-electron chi connectivity index (χ3n) is 8.67. The Labute approximate surface area is 234 Å². The van der Waals surface area contributed by atoms with Gasteiger partial charge < -0.3 is 10.1 Å². The monoisotopic (exact) mass is 528 g/mol. The van der Waals surface area contributed by atoms with Gasteiger partial charge in [0.15, 0.2) is 0 Å². The summed E-state index contributed by atoms with van der Waals surface area (Å²) in [5, 5.41) is 4.14. The molecule has 0 spiro atoms. The van der Waals surface area contributed by atoms with E-state index in [1.165, 1.54) is 41.6 Å². The molecule has 0 radical (unpaired) electrons. The van der Waals surface area contributed by atoms with Crippen molar-refractivity contribution in [2.45, 2.75) is 84.9 Å². The molecule has 2 fully saturated rings. The van der Waals surface area contributed by atoms with Gasteiger partial charge in [0.05, 0.1) is 5.69 Å². The Morgan fingerprint density at radius 2 is 2.00 bits per heavy atom. The second-order valence-corrected chi connectivity index (χ2v) is 11.9. The Hall–Kier alpha value is -2.72. The number of ether oxygens (including phenoxy) is 1. The molecule has 208 valence electrons. The molecule has 0 amide bonds. The first kappa shape index (κ1) is 27.8. The van der Waals surface area contributed by atoms with E-state index >= 15 is 0 Å². The molecule has 3 nitrogen and oxygen atoms in total. The normalized spacial score (nSPS) is 25.2. The molecule has 3 unspecified atom stereocenters. The fourth-order valence-electron chi connectivity index (χ4n) is 5.82. The minimum absolute atomic E-state index is 0.344. The van der Waals surface area contributed by atoms with Crippen molar-refractivity contribution in [1.29, 1.82) is 0 Å². The highest BCUT2D eigenvalue weighted by molar-refractivity contribution is 5.86. The number of benzene rings is 1. The highest BCUT2D eigenvalue weighted by Crippen LogP contribution is 2.42. The molecule has 4 heteroatoms.